The summed E-state index contributed by atoms with van der Waals surface area (Å²) in [5.74, 6) is -1.27. The van der Waals surface area contributed by atoms with Gasteiger partial charge in [0.2, 0.25) is 0 Å². The number of anilines is 1. The fourth-order valence-corrected chi connectivity index (χ4v) is 2.48. The van der Waals surface area contributed by atoms with Crippen LogP contribution in [0.2, 0.25) is 0 Å². The number of benzene rings is 2. The third-order valence-corrected chi connectivity index (χ3v) is 3.73. The normalized spacial score (nSPS) is 10.2. The summed E-state index contributed by atoms with van der Waals surface area (Å²) in [6, 6.07) is 14.2. The fraction of sp³-hybridized carbons (Fsp3) is 0.263. The maximum Gasteiger partial charge on any atom is 0.295 e. The van der Waals surface area contributed by atoms with E-state index in [1.807, 2.05) is 36.4 Å². The molecule has 140 valence electrons. The van der Waals surface area contributed by atoms with Gasteiger partial charge in [0, 0.05) is 13.0 Å². The number of hydrogen-bond acceptors (Lipinski definition) is 5. The number of carbonyl (C=O) groups excluding carboxylic acids is 1. The molecule has 7 nitrogen and oxygen atoms in total. The number of hydrogen-bond donors (Lipinski definition) is 0. The Hall–Kier alpha value is -3.31. The predicted octanol–water partition coefficient (Wildman–Crippen LogP) is 3.59. The van der Waals surface area contributed by atoms with Crippen LogP contribution < -0.4 is 4.90 Å². The first-order chi connectivity index (χ1) is 13.0. The van der Waals surface area contributed by atoms with Crippen molar-refractivity contribution in [1.82, 2.24) is 0 Å². The van der Waals surface area contributed by atoms with Crippen LogP contribution in [0.4, 0.5) is 15.8 Å². The molecule has 0 aromatic heterocycles. The molecule has 2 aromatic carbocycles. The molecular formula is C19H18FN3O4. The molecule has 0 unspecified atom stereocenters. The molecule has 2 rings (SSSR count). The minimum atomic E-state index is -0.768. The Balaban J connectivity index is 2.15. The van der Waals surface area contributed by atoms with Crippen molar-refractivity contribution < 1.29 is 18.8 Å². The van der Waals surface area contributed by atoms with Crippen LogP contribution in [-0.2, 0) is 16.1 Å². The molecule has 0 atom stereocenters. The lowest BCUT2D eigenvalue weighted by atomic mass is 10.2. The first-order valence-corrected chi connectivity index (χ1v) is 8.26. The van der Waals surface area contributed by atoms with Crippen molar-refractivity contribution in [2.45, 2.75) is 19.4 Å². The summed E-state index contributed by atoms with van der Waals surface area (Å²) in [5.41, 5.74) is 0.352. The van der Waals surface area contributed by atoms with E-state index in [2.05, 4.69) is 0 Å². The summed E-state index contributed by atoms with van der Waals surface area (Å²) in [6.07, 6.45) is 0.513. The monoisotopic (exact) mass is 371 g/mol. The Morgan fingerprint density at radius 1 is 1.26 bits per heavy atom. The molecule has 0 saturated heterocycles. The molecule has 0 heterocycles. The Labute approximate surface area is 155 Å². The molecule has 0 fully saturated rings. The highest BCUT2D eigenvalue weighted by atomic mass is 19.1. The fourth-order valence-electron chi connectivity index (χ4n) is 2.48. The van der Waals surface area contributed by atoms with Gasteiger partial charge in [-0.1, -0.05) is 30.3 Å². The van der Waals surface area contributed by atoms with Gasteiger partial charge in [0.25, 0.3) is 11.6 Å². The van der Waals surface area contributed by atoms with E-state index < -0.39 is 22.3 Å². The molecule has 2 aromatic rings. The molecule has 27 heavy (non-hydrogen) atoms. The van der Waals surface area contributed by atoms with Crippen LogP contribution in [0.3, 0.4) is 0 Å². The molecule has 0 aliphatic rings. The highest BCUT2D eigenvalue weighted by Gasteiger charge is 2.25. The molecule has 0 N–H and O–H groups in total. The third-order valence-electron chi connectivity index (χ3n) is 3.73. The number of ether oxygens (including phenoxy) is 1. The second-order valence-electron chi connectivity index (χ2n) is 5.68. The van der Waals surface area contributed by atoms with Crippen molar-refractivity contribution in [3.63, 3.8) is 0 Å². The molecule has 0 radical (unpaired) electrons. The molecule has 8 heteroatoms. The van der Waals surface area contributed by atoms with Gasteiger partial charge in [-0.25, -0.2) is 4.39 Å². The maximum absolute atomic E-state index is 13.4. The zero-order chi connectivity index (χ0) is 19.6. The highest BCUT2D eigenvalue weighted by Crippen LogP contribution is 2.29. The summed E-state index contributed by atoms with van der Waals surface area (Å²) in [7, 11) is 0. The number of nitriles is 1. The average Bonchev–Trinajstić information content (AvgIpc) is 2.66. The quantitative estimate of drug-likeness (QED) is 0.381. The molecule has 0 saturated carbocycles. The van der Waals surface area contributed by atoms with Crippen molar-refractivity contribution >= 4 is 17.3 Å². The predicted molar refractivity (Wildman–Crippen MR) is 96.4 cm³/mol. The van der Waals surface area contributed by atoms with Crippen LogP contribution in [0.1, 0.15) is 18.4 Å². The topological polar surface area (TPSA) is 96.5 Å². The van der Waals surface area contributed by atoms with Gasteiger partial charge in [0.15, 0.2) is 0 Å². The number of unbranched alkanes of at least 4 members (excludes halogenated alkanes) is 1. The summed E-state index contributed by atoms with van der Waals surface area (Å²) in [6.45, 7) is 0.00761. The van der Waals surface area contributed by atoms with Gasteiger partial charge in [-0.3, -0.25) is 14.9 Å². The van der Waals surface area contributed by atoms with Crippen molar-refractivity contribution in [1.29, 1.82) is 5.26 Å². The number of nitrogens with zero attached hydrogens (tertiary/aromatic N) is 3. The smallest absolute Gasteiger partial charge is 0.295 e. The van der Waals surface area contributed by atoms with Gasteiger partial charge >= 0.3 is 0 Å². The first kappa shape index (κ1) is 20.0. The van der Waals surface area contributed by atoms with Crippen LogP contribution in [-0.4, -0.2) is 24.0 Å². The van der Waals surface area contributed by atoms with E-state index in [-0.39, 0.29) is 31.9 Å². The van der Waals surface area contributed by atoms with Crippen molar-refractivity contribution in [3.8, 4) is 6.07 Å². The second-order valence-corrected chi connectivity index (χ2v) is 5.68. The van der Waals surface area contributed by atoms with E-state index in [1.54, 1.807) is 0 Å². The lowest BCUT2D eigenvalue weighted by Crippen LogP contribution is -2.35. The van der Waals surface area contributed by atoms with Crippen molar-refractivity contribution in [2.24, 2.45) is 0 Å². The van der Waals surface area contributed by atoms with E-state index in [4.69, 9.17) is 10.00 Å². The van der Waals surface area contributed by atoms with Crippen LogP contribution >= 0.6 is 0 Å². The first-order valence-electron chi connectivity index (χ1n) is 8.26. The van der Waals surface area contributed by atoms with E-state index in [9.17, 15) is 19.3 Å². The van der Waals surface area contributed by atoms with Gasteiger partial charge in [-0.15, -0.1) is 0 Å². The number of amides is 1. The maximum atomic E-state index is 13.4. The van der Waals surface area contributed by atoms with Gasteiger partial charge < -0.3 is 9.64 Å². The number of nitro benzene ring substituents is 1. The summed E-state index contributed by atoms with van der Waals surface area (Å²) < 4.78 is 18.8. The van der Waals surface area contributed by atoms with Gasteiger partial charge in [-0.2, -0.15) is 5.26 Å². The second kappa shape index (κ2) is 9.99. The van der Waals surface area contributed by atoms with E-state index in [1.165, 1.54) is 11.0 Å². The molecule has 0 aliphatic carbocycles. The van der Waals surface area contributed by atoms with Gasteiger partial charge in [-0.05, 0) is 24.1 Å². The number of carbonyl (C=O) groups is 1. The number of rotatable bonds is 9. The molecule has 1 amide bonds. The van der Waals surface area contributed by atoms with E-state index in [0.717, 1.165) is 17.7 Å². The Bertz CT molecular complexity index is 837. The average molecular weight is 371 g/mol. The lowest BCUT2D eigenvalue weighted by Gasteiger charge is -2.22. The largest absolute Gasteiger partial charge is 0.367 e. The van der Waals surface area contributed by atoms with Crippen LogP contribution in [0.25, 0.3) is 0 Å². The summed E-state index contributed by atoms with van der Waals surface area (Å²) >= 11 is 0. The van der Waals surface area contributed by atoms with Crippen LogP contribution in [0.5, 0.6) is 0 Å². The Kier molecular flexibility index (Phi) is 7.40. The zero-order valence-electron chi connectivity index (χ0n) is 14.5. The minimum absolute atomic E-state index is 0.0207. The SMILES string of the molecule is N#CCCCN(C(=O)COCc1ccccc1)c1ccc(F)cc1[N+](=O)[O-]. The van der Waals surface area contributed by atoms with Crippen LogP contribution in [0.15, 0.2) is 48.5 Å². The summed E-state index contributed by atoms with van der Waals surface area (Å²) in [5, 5.41) is 19.9. The van der Waals surface area contributed by atoms with Gasteiger partial charge in [0.05, 0.1) is 23.7 Å². The number of halogens is 1. The van der Waals surface area contributed by atoms with Crippen molar-refractivity contribution in [2.75, 3.05) is 18.1 Å². The molecular weight excluding hydrogens is 353 g/mol. The van der Waals surface area contributed by atoms with Crippen molar-refractivity contribution in [3.05, 3.63) is 70.0 Å². The van der Waals surface area contributed by atoms with E-state index in [0.29, 0.717) is 6.42 Å². The lowest BCUT2D eigenvalue weighted by molar-refractivity contribution is -0.384. The minimum Gasteiger partial charge on any atom is -0.367 e. The molecule has 0 spiro atoms. The molecule has 0 bridgehead atoms. The molecule has 0 aliphatic heterocycles. The highest BCUT2D eigenvalue weighted by molar-refractivity contribution is 5.96. The third kappa shape index (κ3) is 5.87. The van der Waals surface area contributed by atoms with Gasteiger partial charge in [0.1, 0.15) is 18.1 Å². The summed E-state index contributed by atoms with van der Waals surface area (Å²) in [4.78, 5) is 24.3. The Morgan fingerprint density at radius 2 is 2.00 bits per heavy atom. The van der Waals surface area contributed by atoms with Crippen LogP contribution in [0, 0.1) is 27.3 Å². The van der Waals surface area contributed by atoms with E-state index >= 15 is 0 Å². The zero-order valence-corrected chi connectivity index (χ0v) is 14.5. The standard InChI is InChI=1S/C19H18FN3O4/c20-16-8-9-17(18(12-16)23(25)26)22(11-5-4-10-21)19(24)14-27-13-15-6-2-1-3-7-15/h1-3,6-9,12H,4-5,11,13-14H2. The number of nitro groups is 1. The Morgan fingerprint density at radius 3 is 2.67 bits per heavy atom.